The number of Topliss-reactive ketones (excluding diaryl/α,β-unsaturated/α-hetero) is 1. The standard InChI is InChI=1S/C19H16Cl2N2O/c1-11-8-13(12(2)23(11)15-6-7-15)9-14(10-22)19(24)18-16(20)4-3-5-17(18)21/h3-5,8-9,15H,6-7H2,1-2H3/b14-9+. The van der Waals surface area contributed by atoms with Crippen LogP contribution in [-0.2, 0) is 0 Å². The highest BCUT2D eigenvalue weighted by Crippen LogP contribution is 2.38. The maximum Gasteiger partial charge on any atom is 0.206 e. The molecule has 0 radical (unpaired) electrons. The van der Waals surface area contributed by atoms with Crippen LogP contribution in [0.4, 0.5) is 0 Å². The van der Waals surface area contributed by atoms with Crippen LogP contribution in [-0.4, -0.2) is 10.4 Å². The highest BCUT2D eigenvalue weighted by atomic mass is 35.5. The van der Waals surface area contributed by atoms with Crippen LogP contribution in [0.1, 0.15) is 46.2 Å². The van der Waals surface area contributed by atoms with E-state index in [0.29, 0.717) is 6.04 Å². The maximum atomic E-state index is 12.7. The van der Waals surface area contributed by atoms with E-state index in [1.54, 1.807) is 24.3 Å². The lowest BCUT2D eigenvalue weighted by molar-refractivity contribution is 0.104. The Morgan fingerprint density at radius 3 is 2.46 bits per heavy atom. The second-order valence-corrected chi connectivity index (χ2v) is 6.84. The fraction of sp³-hybridized carbons (Fsp3) is 0.263. The smallest absolute Gasteiger partial charge is 0.206 e. The molecule has 0 unspecified atom stereocenters. The molecule has 0 aliphatic heterocycles. The Morgan fingerprint density at radius 2 is 1.92 bits per heavy atom. The molecular weight excluding hydrogens is 343 g/mol. The number of carbonyl (C=O) groups excluding carboxylic acids is 1. The van der Waals surface area contributed by atoms with Crippen LogP contribution in [0.5, 0.6) is 0 Å². The number of carbonyl (C=O) groups is 1. The molecule has 3 nitrogen and oxygen atoms in total. The van der Waals surface area contributed by atoms with Gasteiger partial charge in [-0.25, -0.2) is 0 Å². The van der Waals surface area contributed by atoms with Gasteiger partial charge in [0.25, 0.3) is 0 Å². The highest BCUT2D eigenvalue weighted by Gasteiger charge is 2.27. The summed E-state index contributed by atoms with van der Waals surface area (Å²) in [5.74, 6) is -0.454. The first-order valence-electron chi connectivity index (χ1n) is 7.73. The zero-order valence-electron chi connectivity index (χ0n) is 13.4. The van der Waals surface area contributed by atoms with E-state index < -0.39 is 5.78 Å². The third-order valence-electron chi connectivity index (χ3n) is 4.29. The molecule has 1 saturated carbocycles. The largest absolute Gasteiger partial charge is 0.346 e. The molecule has 1 aliphatic carbocycles. The first kappa shape index (κ1) is 16.8. The number of ketones is 1. The van der Waals surface area contributed by atoms with Crippen LogP contribution < -0.4 is 0 Å². The van der Waals surface area contributed by atoms with Crippen molar-refractivity contribution in [1.29, 1.82) is 5.26 Å². The van der Waals surface area contributed by atoms with Crippen LogP contribution in [0, 0.1) is 25.2 Å². The number of allylic oxidation sites excluding steroid dienone is 1. The van der Waals surface area contributed by atoms with Crippen molar-refractivity contribution in [3.8, 4) is 6.07 Å². The first-order valence-corrected chi connectivity index (χ1v) is 8.48. The van der Waals surface area contributed by atoms with E-state index >= 15 is 0 Å². The molecule has 0 amide bonds. The molecule has 1 aromatic carbocycles. The van der Waals surface area contributed by atoms with Gasteiger partial charge in [-0.05, 0) is 56.5 Å². The van der Waals surface area contributed by atoms with E-state index in [4.69, 9.17) is 23.2 Å². The molecule has 1 heterocycles. The lowest BCUT2D eigenvalue weighted by Gasteiger charge is -2.07. The summed E-state index contributed by atoms with van der Waals surface area (Å²) in [5.41, 5.74) is 3.29. The monoisotopic (exact) mass is 358 g/mol. The van der Waals surface area contributed by atoms with E-state index in [2.05, 4.69) is 4.57 Å². The van der Waals surface area contributed by atoms with Crippen LogP contribution in [0.3, 0.4) is 0 Å². The molecule has 5 heteroatoms. The Hall–Kier alpha value is -2.02. The van der Waals surface area contributed by atoms with Crippen molar-refractivity contribution >= 4 is 35.1 Å². The second kappa shape index (κ2) is 6.47. The van der Waals surface area contributed by atoms with E-state index in [1.807, 2.05) is 26.0 Å². The van der Waals surface area contributed by atoms with Crippen molar-refractivity contribution < 1.29 is 4.79 Å². The van der Waals surface area contributed by atoms with Gasteiger partial charge in [0.1, 0.15) is 11.6 Å². The number of nitrogens with zero attached hydrogens (tertiary/aromatic N) is 2. The normalized spacial score (nSPS) is 14.5. The van der Waals surface area contributed by atoms with Gasteiger partial charge in [-0.1, -0.05) is 29.3 Å². The lowest BCUT2D eigenvalue weighted by atomic mass is 10.0. The summed E-state index contributed by atoms with van der Waals surface area (Å²) in [6, 6.07) is 9.39. The van der Waals surface area contributed by atoms with E-state index in [9.17, 15) is 10.1 Å². The fourth-order valence-electron chi connectivity index (χ4n) is 3.00. The quantitative estimate of drug-likeness (QED) is 0.409. The van der Waals surface area contributed by atoms with Gasteiger partial charge in [-0.2, -0.15) is 5.26 Å². The summed E-state index contributed by atoms with van der Waals surface area (Å²) >= 11 is 12.2. The molecule has 0 bridgehead atoms. The van der Waals surface area contributed by atoms with Crippen LogP contribution in [0.25, 0.3) is 6.08 Å². The summed E-state index contributed by atoms with van der Waals surface area (Å²) in [6.45, 7) is 4.06. The number of hydrogen-bond donors (Lipinski definition) is 0. The number of aryl methyl sites for hydroxylation is 1. The molecule has 0 spiro atoms. The Labute approximate surface area is 151 Å². The number of nitriles is 1. The summed E-state index contributed by atoms with van der Waals surface area (Å²) < 4.78 is 2.27. The van der Waals surface area contributed by atoms with Crippen molar-refractivity contribution in [2.75, 3.05) is 0 Å². The minimum atomic E-state index is -0.454. The molecule has 1 aliphatic rings. The average molecular weight is 359 g/mol. The van der Waals surface area contributed by atoms with Gasteiger partial charge in [-0.15, -0.1) is 0 Å². The maximum absolute atomic E-state index is 12.7. The third-order valence-corrected chi connectivity index (χ3v) is 4.92. The van der Waals surface area contributed by atoms with Gasteiger partial charge in [-0.3, -0.25) is 4.79 Å². The van der Waals surface area contributed by atoms with Crippen LogP contribution in [0.15, 0.2) is 29.8 Å². The lowest BCUT2D eigenvalue weighted by Crippen LogP contribution is -2.04. The van der Waals surface area contributed by atoms with E-state index in [-0.39, 0.29) is 21.2 Å². The first-order chi connectivity index (χ1) is 11.4. The summed E-state index contributed by atoms with van der Waals surface area (Å²) in [7, 11) is 0. The highest BCUT2D eigenvalue weighted by molar-refractivity contribution is 6.41. The Balaban J connectivity index is 2.03. The Kier molecular flexibility index (Phi) is 4.54. The molecule has 1 aromatic heterocycles. The van der Waals surface area contributed by atoms with Crippen LogP contribution >= 0.6 is 23.2 Å². The number of rotatable bonds is 4. The van der Waals surface area contributed by atoms with Crippen molar-refractivity contribution in [1.82, 2.24) is 4.57 Å². The SMILES string of the molecule is Cc1cc(/C=C(\C#N)C(=O)c2c(Cl)cccc2Cl)c(C)n1C1CC1. The van der Waals surface area contributed by atoms with Gasteiger partial charge in [0.05, 0.1) is 15.6 Å². The molecule has 122 valence electrons. The molecule has 24 heavy (non-hydrogen) atoms. The third kappa shape index (κ3) is 3.00. The molecule has 3 rings (SSSR count). The van der Waals surface area contributed by atoms with Gasteiger partial charge in [0.15, 0.2) is 0 Å². The van der Waals surface area contributed by atoms with Crippen molar-refractivity contribution in [3.63, 3.8) is 0 Å². The van der Waals surface area contributed by atoms with Crippen molar-refractivity contribution in [2.24, 2.45) is 0 Å². The molecule has 2 aromatic rings. The molecule has 1 fully saturated rings. The summed E-state index contributed by atoms with van der Waals surface area (Å²) in [5, 5.41) is 9.95. The average Bonchev–Trinajstić information content (AvgIpc) is 3.31. The van der Waals surface area contributed by atoms with Gasteiger partial charge in [0, 0.05) is 17.4 Å². The van der Waals surface area contributed by atoms with E-state index in [1.165, 1.54) is 12.8 Å². The Morgan fingerprint density at radius 1 is 1.29 bits per heavy atom. The van der Waals surface area contributed by atoms with Crippen molar-refractivity contribution in [3.05, 3.63) is 62.4 Å². The minimum Gasteiger partial charge on any atom is -0.346 e. The predicted octanol–water partition coefficient (Wildman–Crippen LogP) is 5.54. The summed E-state index contributed by atoms with van der Waals surface area (Å²) in [6.07, 6.45) is 3.99. The topological polar surface area (TPSA) is 45.8 Å². The number of halogens is 2. The fourth-order valence-corrected chi connectivity index (χ4v) is 3.57. The van der Waals surface area contributed by atoms with Gasteiger partial charge >= 0.3 is 0 Å². The minimum absolute atomic E-state index is 0.0287. The number of benzene rings is 1. The van der Waals surface area contributed by atoms with Crippen molar-refractivity contribution in [2.45, 2.75) is 32.7 Å². The molecule has 0 saturated heterocycles. The zero-order valence-corrected chi connectivity index (χ0v) is 14.9. The molecular formula is C19H16Cl2N2O. The molecule has 0 N–H and O–H groups in total. The zero-order chi connectivity index (χ0) is 17.4. The van der Waals surface area contributed by atoms with Crippen LogP contribution in [0.2, 0.25) is 10.0 Å². The Bertz CT molecular complexity index is 879. The predicted molar refractivity (Wildman–Crippen MR) is 96.6 cm³/mol. The van der Waals surface area contributed by atoms with Gasteiger partial charge in [0.2, 0.25) is 5.78 Å². The number of hydrogen-bond acceptors (Lipinski definition) is 2. The summed E-state index contributed by atoms with van der Waals surface area (Å²) in [4.78, 5) is 12.7. The number of aromatic nitrogens is 1. The molecule has 0 atom stereocenters. The van der Waals surface area contributed by atoms with E-state index in [0.717, 1.165) is 17.0 Å². The second-order valence-electron chi connectivity index (χ2n) is 6.02. The van der Waals surface area contributed by atoms with Gasteiger partial charge < -0.3 is 4.57 Å².